The van der Waals surface area contributed by atoms with E-state index in [0.717, 1.165) is 24.0 Å². The highest BCUT2D eigenvalue weighted by molar-refractivity contribution is 9.09. The molecule has 1 aliphatic rings. The van der Waals surface area contributed by atoms with E-state index in [2.05, 4.69) is 26.7 Å². The minimum atomic E-state index is -0.273. The maximum absolute atomic E-state index is 12.0. The van der Waals surface area contributed by atoms with E-state index in [4.69, 9.17) is 0 Å². The van der Waals surface area contributed by atoms with E-state index in [1.165, 1.54) is 7.11 Å². The highest BCUT2D eigenvalue weighted by Gasteiger charge is 2.50. The van der Waals surface area contributed by atoms with Crippen molar-refractivity contribution < 1.29 is 14.3 Å². The van der Waals surface area contributed by atoms with Crippen molar-refractivity contribution in [2.45, 2.75) is 31.1 Å². The lowest BCUT2D eigenvalue weighted by Crippen LogP contribution is -2.21. The van der Waals surface area contributed by atoms with E-state index in [0.29, 0.717) is 18.2 Å². The lowest BCUT2D eigenvalue weighted by molar-refractivity contribution is -0.140. The van der Waals surface area contributed by atoms with Gasteiger partial charge in [-0.2, -0.15) is 0 Å². The van der Waals surface area contributed by atoms with Gasteiger partial charge in [0.2, 0.25) is 0 Å². The summed E-state index contributed by atoms with van der Waals surface area (Å²) < 4.78 is 4.64. The molecule has 0 N–H and O–H groups in total. The molecule has 3 nitrogen and oxygen atoms in total. The maximum Gasteiger partial charge on any atom is 0.305 e. The predicted octanol–water partition coefficient (Wildman–Crippen LogP) is 2.79. The Morgan fingerprint density at radius 2 is 2.11 bits per heavy atom. The molecule has 0 radical (unpaired) electrons. The Morgan fingerprint density at radius 1 is 1.37 bits per heavy atom. The number of halogens is 1. The summed E-state index contributed by atoms with van der Waals surface area (Å²) in [5.41, 5.74) is 1.89. The van der Waals surface area contributed by atoms with Gasteiger partial charge in [-0.15, -0.1) is 0 Å². The lowest BCUT2D eigenvalue weighted by atomic mass is 9.90. The number of ether oxygens (including phenoxy) is 1. The third-order valence-corrected chi connectivity index (χ3v) is 4.24. The SMILES string of the molecule is COC(=O)CCc1cccc(C2(C(=O)CBr)CC2)c1. The number of carbonyl (C=O) groups excluding carboxylic acids is 2. The van der Waals surface area contributed by atoms with Gasteiger partial charge < -0.3 is 4.74 Å². The molecule has 1 aliphatic carbocycles. The molecule has 1 aromatic rings. The van der Waals surface area contributed by atoms with Crippen molar-refractivity contribution in [3.63, 3.8) is 0 Å². The quantitative estimate of drug-likeness (QED) is 0.597. The van der Waals surface area contributed by atoms with Gasteiger partial charge in [-0.3, -0.25) is 9.59 Å². The molecule has 0 heterocycles. The number of methoxy groups -OCH3 is 1. The minimum absolute atomic E-state index is 0.205. The fraction of sp³-hybridized carbons (Fsp3) is 0.467. The molecule has 0 aliphatic heterocycles. The number of carbonyl (C=O) groups is 2. The fourth-order valence-electron chi connectivity index (χ4n) is 2.35. The first kappa shape index (κ1) is 14.3. The Balaban J connectivity index is 2.12. The van der Waals surface area contributed by atoms with Crippen LogP contribution in [0.5, 0.6) is 0 Å². The lowest BCUT2D eigenvalue weighted by Gasteiger charge is -2.14. The van der Waals surface area contributed by atoms with Gasteiger partial charge in [0.25, 0.3) is 0 Å². The summed E-state index contributed by atoms with van der Waals surface area (Å²) in [5.74, 6) is 0.0423. The first-order valence-electron chi connectivity index (χ1n) is 6.38. The Bertz CT molecular complexity index is 492. The summed E-state index contributed by atoms with van der Waals surface area (Å²) in [5, 5.41) is 0.402. The van der Waals surface area contributed by atoms with Crippen LogP contribution in [0.1, 0.15) is 30.4 Å². The number of Topliss-reactive ketones (excluding diaryl/α,β-unsaturated/α-hetero) is 1. The smallest absolute Gasteiger partial charge is 0.305 e. The van der Waals surface area contributed by atoms with Crippen LogP contribution in [-0.4, -0.2) is 24.2 Å². The van der Waals surface area contributed by atoms with Gasteiger partial charge in [0, 0.05) is 6.42 Å². The Morgan fingerprint density at radius 3 is 2.68 bits per heavy atom. The largest absolute Gasteiger partial charge is 0.469 e. The van der Waals surface area contributed by atoms with Crippen molar-refractivity contribution in [2.24, 2.45) is 0 Å². The zero-order chi connectivity index (χ0) is 13.9. The molecule has 1 saturated carbocycles. The molecule has 0 atom stereocenters. The monoisotopic (exact) mass is 324 g/mol. The molecule has 1 aromatic carbocycles. The first-order chi connectivity index (χ1) is 9.12. The van der Waals surface area contributed by atoms with Crippen LogP contribution in [0, 0.1) is 0 Å². The summed E-state index contributed by atoms with van der Waals surface area (Å²) in [6, 6.07) is 8.01. The van der Waals surface area contributed by atoms with Crippen molar-refractivity contribution in [1.29, 1.82) is 0 Å². The highest BCUT2D eigenvalue weighted by atomic mass is 79.9. The summed E-state index contributed by atoms with van der Waals surface area (Å²) in [6.45, 7) is 0. The van der Waals surface area contributed by atoms with Crippen molar-refractivity contribution >= 4 is 27.7 Å². The number of aryl methyl sites for hydroxylation is 1. The molecule has 0 saturated heterocycles. The third-order valence-electron chi connectivity index (χ3n) is 3.73. The summed E-state index contributed by atoms with van der Waals surface area (Å²) >= 11 is 3.25. The van der Waals surface area contributed by atoms with Gasteiger partial charge in [-0.1, -0.05) is 40.2 Å². The van der Waals surface area contributed by atoms with Crippen LogP contribution in [0.25, 0.3) is 0 Å². The van der Waals surface area contributed by atoms with E-state index >= 15 is 0 Å². The Hall–Kier alpha value is -1.16. The van der Waals surface area contributed by atoms with Gasteiger partial charge >= 0.3 is 5.97 Å². The number of benzene rings is 1. The summed E-state index contributed by atoms with van der Waals surface area (Å²) in [4.78, 5) is 23.2. The topological polar surface area (TPSA) is 43.4 Å². The molecule has 2 rings (SSSR count). The number of hydrogen-bond donors (Lipinski definition) is 0. The Labute approximate surface area is 121 Å². The van der Waals surface area contributed by atoms with Crippen LogP contribution in [0.4, 0.5) is 0 Å². The molecule has 0 amide bonds. The van der Waals surface area contributed by atoms with E-state index in [-0.39, 0.29) is 17.2 Å². The number of alkyl halides is 1. The number of hydrogen-bond acceptors (Lipinski definition) is 3. The van der Waals surface area contributed by atoms with E-state index < -0.39 is 0 Å². The molecule has 0 spiro atoms. The summed E-state index contributed by atoms with van der Waals surface area (Å²) in [7, 11) is 1.40. The molecule has 0 bridgehead atoms. The van der Waals surface area contributed by atoms with E-state index in [1.54, 1.807) is 0 Å². The number of rotatable bonds is 6. The van der Waals surface area contributed by atoms with Crippen molar-refractivity contribution in [3.05, 3.63) is 35.4 Å². The number of ketones is 1. The predicted molar refractivity (Wildman–Crippen MR) is 76.5 cm³/mol. The first-order valence-corrected chi connectivity index (χ1v) is 7.50. The number of esters is 1. The fourth-order valence-corrected chi connectivity index (χ4v) is 2.89. The van der Waals surface area contributed by atoms with Gasteiger partial charge in [-0.25, -0.2) is 0 Å². The van der Waals surface area contributed by atoms with Crippen LogP contribution in [0.3, 0.4) is 0 Å². The molecular weight excluding hydrogens is 308 g/mol. The van der Waals surface area contributed by atoms with E-state index in [9.17, 15) is 9.59 Å². The third kappa shape index (κ3) is 3.06. The van der Waals surface area contributed by atoms with Crippen LogP contribution in [0.15, 0.2) is 24.3 Å². The second-order valence-corrected chi connectivity index (χ2v) is 5.48. The average molecular weight is 325 g/mol. The van der Waals surface area contributed by atoms with Crippen LogP contribution in [-0.2, 0) is 26.2 Å². The second-order valence-electron chi connectivity index (χ2n) is 4.92. The molecule has 4 heteroatoms. The molecule has 0 unspecified atom stereocenters. The normalized spacial score (nSPS) is 15.9. The molecule has 19 heavy (non-hydrogen) atoms. The van der Waals surface area contributed by atoms with Crippen LogP contribution in [0.2, 0.25) is 0 Å². The standard InChI is InChI=1S/C15H17BrO3/c1-19-14(18)6-5-11-3-2-4-12(9-11)15(7-8-15)13(17)10-16/h2-4,9H,5-8,10H2,1H3. The van der Waals surface area contributed by atoms with E-state index in [1.807, 2.05) is 18.2 Å². The van der Waals surface area contributed by atoms with Crippen molar-refractivity contribution in [1.82, 2.24) is 0 Å². The van der Waals surface area contributed by atoms with Crippen molar-refractivity contribution in [3.8, 4) is 0 Å². The molecule has 0 aromatic heterocycles. The van der Waals surface area contributed by atoms with Crippen LogP contribution >= 0.6 is 15.9 Å². The maximum atomic E-state index is 12.0. The second kappa shape index (κ2) is 5.87. The molecular formula is C15H17BrO3. The van der Waals surface area contributed by atoms with Gasteiger partial charge in [0.1, 0.15) is 0 Å². The summed E-state index contributed by atoms with van der Waals surface area (Å²) in [6.07, 6.45) is 2.88. The average Bonchev–Trinajstić information content (AvgIpc) is 3.26. The minimum Gasteiger partial charge on any atom is -0.469 e. The zero-order valence-corrected chi connectivity index (χ0v) is 12.5. The molecule has 1 fully saturated rings. The van der Waals surface area contributed by atoms with Crippen molar-refractivity contribution in [2.75, 3.05) is 12.4 Å². The Kier molecular flexibility index (Phi) is 4.40. The zero-order valence-electron chi connectivity index (χ0n) is 10.9. The van der Waals surface area contributed by atoms with Gasteiger partial charge in [0.15, 0.2) is 5.78 Å². The highest BCUT2D eigenvalue weighted by Crippen LogP contribution is 2.49. The van der Waals surface area contributed by atoms with Gasteiger partial charge in [-0.05, 0) is 30.4 Å². The molecule has 102 valence electrons. The van der Waals surface area contributed by atoms with Gasteiger partial charge in [0.05, 0.1) is 17.9 Å². The van der Waals surface area contributed by atoms with Crippen LogP contribution < -0.4 is 0 Å².